The van der Waals surface area contributed by atoms with E-state index in [1.807, 2.05) is 30.3 Å². The number of nitrogens with zero attached hydrogens (tertiary/aromatic N) is 2. The fourth-order valence-corrected chi connectivity index (χ4v) is 2.38. The van der Waals surface area contributed by atoms with E-state index in [1.165, 1.54) is 24.3 Å². The zero-order chi connectivity index (χ0) is 17.6. The summed E-state index contributed by atoms with van der Waals surface area (Å²) in [6.07, 6.45) is 0.918. The lowest BCUT2D eigenvalue weighted by atomic mass is 10.1. The average Bonchev–Trinajstić information content (AvgIpc) is 2.67. The lowest BCUT2D eigenvalue weighted by Gasteiger charge is -2.18. The summed E-state index contributed by atoms with van der Waals surface area (Å²) in [5.74, 6) is -0.650. The van der Waals surface area contributed by atoms with Gasteiger partial charge in [-0.25, -0.2) is 4.79 Å². The van der Waals surface area contributed by atoms with Crippen molar-refractivity contribution >= 4 is 11.7 Å². The number of benzene rings is 2. The highest BCUT2D eigenvalue weighted by Gasteiger charge is 2.22. The van der Waals surface area contributed by atoms with E-state index < -0.39 is 17.0 Å². The highest BCUT2D eigenvalue weighted by Crippen LogP contribution is 2.26. The van der Waals surface area contributed by atoms with Gasteiger partial charge in [0.1, 0.15) is 0 Å². The van der Waals surface area contributed by atoms with Gasteiger partial charge in [0.2, 0.25) is 0 Å². The summed E-state index contributed by atoms with van der Waals surface area (Å²) in [4.78, 5) is 27.1. The molecule has 0 aliphatic carbocycles. The average molecular weight is 334 g/mol. The van der Waals surface area contributed by atoms with E-state index in [0.717, 1.165) is 5.56 Å². The van der Waals surface area contributed by atoms with Crippen molar-refractivity contribution < 1.29 is 14.5 Å². The van der Waals surface area contributed by atoms with Crippen molar-refractivity contribution in [1.82, 2.24) is 4.98 Å². The summed E-state index contributed by atoms with van der Waals surface area (Å²) >= 11 is 0. The Balaban J connectivity index is 1.92. The first-order valence-corrected chi connectivity index (χ1v) is 7.56. The molecule has 3 rings (SSSR count). The van der Waals surface area contributed by atoms with Crippen molar-refractivity contribution in [2.24, 2.45) is 0 Å². The maximum Gasteiger partial charge on any atom is 0.339 e. The lowest BCUT2D eigenvalue weighted by Crippen LogP contribution is -2.14. The second kappa shape index (κ2) is 7.35. The van der Waals surface area contributed by atoms with Gasteiger partial charge in [0.15, 0.2) is 6.10 Å². The van der Waals surface area contributed by atoms with E-state index in [2.05, 4.69) is 4.98 Å². The molecule has 6 nitrogen and oxygen atoms in total. The Morgan fingerprint density at radius 2 is 1.76 bits per heavy atom. The third-order valence-electron chi connectivity index (χ3n) is 3.58. The zero-order valence-corrected chi connectivity index (χ0v) is 13.1. The Morgan fingerprint density at radius 3 is 2.44 bits per heavy atom. The topological polar surface area (TPSA) is 82.3 Å². The minimum Gasteiger partial charge on any atom is -0.447 e. The summed E-state index contributed by atoms with van der Waals surface area (Å²) in [5, 5.41) is 10.9. The number of pyridine rings is 1. The number of nitro groups is 1. The zero-order valence-electron chi connectivity index (χ0n) is 13.1. The Bertz CT molecular complexity index is 843. The van der Waals surface area contributed by atoms with E-state index in [1.54, 1.807) is 24.4 Å². The molecule has 0 saturated heterocycles. The van der Waals surface area contributed by atoms with Crippen molar-refractivity contribution in [2.45, 2.75) is 6.10 Å². The van der Waals surface area contributed by atoms with Crippen LogP contribution in [0.4, 0.5) is 5.69 Å². The molecule has 1 heterocycles. The monoisotopic (exact) mass is 334 g/mol. The van der Waals surface area contributed by atoms with Gasteiger partial charge in [0.25, 0.3) is 5.69 Å². The predicted octanol–water partition coefficient (Wildman–Crippen LogP) is 3.94. The molecule has 0 aliphatic heterocycles. The molecule has 1 atom stereocenters. The maximum absolute atomic E-state index is 12.5. The molecule has 0 amide bonds. The maximum atomic E-state index is 12.5. The Morgan fingerprint density at radius 1 is 1.00 bits per heavy atom. The number of rotatable bonds is 5. The lowest BCUT2D eigenvalue weighted by molar-refractivity contribution is -0.384. The van der Waals surface area contributed by atoms with Gasteiger partial charge in [-0.2, -0.15) is 0 Å². The van der Waals surface area contributed by atoms with E-state index >= 15 is 0 Å². The van der Waals surface area contributed by atoms with Crippen LogP contribution in [0.25, 0.3) is 0 Å². The van der Waals surface area contributed by atoms with E-state index in [4.69, 9.17) is 4.74 Å². The number of esters is 1. The normalized spacial score (nSPS) is 11.5. The van der Waals surface area contributed by atoms with Crippen molar-refractivity contribution in [2.75, 3.05) is 0 Å². The Hall–Kier alpha value is -3.54. The van der Waals surface area contributed by atoms with Crippen LogP contribution in [0.1, 0.15) is 27.7 Å². The highest BCUT2D eigenvalue weighted by molar-refractivity contribution is 5.90. The number of aromatic nitrogens is 1. The second-order valence-corrected chi connectivity index (χ2v) is 5.26. The van der Waals surface area contributed by atoms with E-state index in [-0.39, 0.29) is 11.3 Å². The van der Waals surface area contributed by atoms with Crippen LogP contribution in [-0.2, 0) is 4.74 Å². The molecule has 0 saturated carbocycles. The molecule has 0 spiro atoms. The molecule has 0 aliphatic rings. The van der Waals surface area contributed by atoms with Crippen LogP contribution < -0.4 is 0 Å². The highest BCUT2D eigenvalue weighted by atomic mass is 16.6. The molecule has 2 aromatic carbocycles. The van der Waals surface area contributed by atoms with Crippen LogP contribution in [0.2, 0.25) is 0 Å². The first kappa shape index (κ1) is 16.3. The largest absolute Gasteiger partial charge is 0.447 e. The number of ether oxygens (including phenoxy) is 1. The van der Waals surface area contributed by atoms with Crippen molar-refractivity contribution in [3.8, 4) is 0 Å². The van der Waals surface area contributed by atoms with Gasteiger partial charge in [0, 0.05) is 18.3 Å². The van der Waals surface area contributed by atoms with Gasteiger partial charge >= 0.3 is 5.97 Å². The standard InChI is InChI=1S/C19H14N2O4/c22-19(15-9-6-10-16(13-15)21(23)24)25-18(14-7-2-1-3-8-14)17-11-4-5-12-20-17/h1-13,18H. The number of hydrogen-bond donors (Lipinski definition) is 0. The molecular formula is C19H14N2O4. The minimum atomic E-state index is -0.700. The molecule has 1 aromatic heterocycles. The van der Waals surface area contributed by atoms with Crippen LogP contribution in [-0.4, -0.2) is 15.9 Å². The molecule has 0 bridgehead atoms. The van der Waals surface area contributed by atoms with Gasteiger partial charge in [0.05, 0.1) is 16.2 Å². The molecule has 0 fully saturated rings. The molecule has 124 valence electrons. The second-order valence-electron chi connectivity index (χ2n) is 5.26. The predicted molar refractivity (Wildman–Crippen MR) is 91.0 cm³/mol. The van der Waals surface area contributed by atoms with Gasteiger partial charge in [-0.15, -0.1) is 0 Å². The minimum absolute atomic E-state index is 0.117. The van der Waals surface area contributed by atoms with Crippen molar-refractivity contribution in [3.05, 3.63) is 106 Å². The Labute approximate surface area is 143 Å². The molecular weight excluding hydrogens is 320 g/mol. The Kier molecular flexibility index (Phi) is 4.80. The van der Waals surface area contributed by atoms with Crippen LogP contribution in [0, 0.1) is 10.1 Å². The molecule has 1 unspecified atom stereocenters. The van der Waals surface area contributed by atoms with Crippen LogP contribution in [0.5, 0.6) is 0 Å². The fourth-order valence-electron chi connectivity index (χ4n) is 2.38. The van der Waals surface area contributed by atoms with Crippen molar-refractivity contribution in [3.63, 3.8) is 0 Å². The van der Waals surface area contributed by atoms with E-state index in [9.17, 15) is 14.9 Å². The van der Waals surface area contributed by atoms with Gasteiger partial charge in [-0.3, -0.25) is 15.1 Å². The van der Waals surface area contributed by atoms with Crippen LogP contribution in [0.3, 0.4) is 0 Å². The first-order chi connectivity index (χ1) is 12.1. The first-order valence-electron chi connectivity index (χ1n) is 7.56. The van der Waals surface area contributed by atoms with E-state index in [0.29, 0.717) is 5.69 Å². The van der Waals surface area contributed by atoms with Crippen molar-refractivity contribution in [1.29, 1.82) is 0 Å². The molecule has 6 heteroatoms. The third kappa shape index (κ3) is 3.87. The van der Waals surface area contributed by atoms with Crippen LogP contribution in [0.15, 0.2) is 79.0 Å². The summed E-state index contributed by atoms with van der Waals surface area (Å²) < 4.78 is 5.62. The smallest absolute Gasteiger partial charge is 0.339 e. The molecule has 3 aromatic rings. The van der Waals surface area contributed by atoms with Gasteiger partial charge in [-0.05, 0) is 23.8 Å². The summed E-state index contributed by atoms with van der Waals surface area (Å²) in [7, 11) is 0. The fraction of sp³-hybridized carbons (Fsp3) is 0.0526. The van der Waals surface area contributed by atoms with Crippen LogP contribution >= 0.6 is 0 Å². The number of carbonyl (C=O) groups is 1. The third-order valence-corrected chi connectivity index (χ3v) is 3.58. The molecule has 0 N–H and O–H groups in total. The molecule has 25 heavy (non-hydrogen) atoms. The SMILES string of the molecule is O=C(OC(c1ccccc1)c1ccccn1)c1cccc([N+](=O)[O-])c1. The summed E-state index contributed by atoms with van der Waals surface area (Å²) in [6.45, 7) is 0. The number of nitro benzene ring substituents is 1. The van der Waals surface area contributed by atoms with Gasteiger partial charge in [-0.1, -0.05) is 42.5 Å². The summed E-state index contributed by atoms with van der Waals surface area (Å²) in [6, 6.07) is 20.0. The molecule has 0 radical (unpaired) electrons. The number of hydrogen-bond acceptors (Lipinski definition) is 5. The quantitative estimate of drug-likeness (QED) is 0.401. The van der Waals surface area contributed by atoms with Gasteiger partial charge < -0.3 is 4.74 Å². The number of non-ortho nitro benzene ring substituents is 1. The summed E-state index contributed by atoms with van der Waals surface area (Å²) in [5.41, 5.74) is 1.29. The number of carbonyl (C=O) groups excluding carboxylic acids is 1.